The zero-order valence-corrected chi connectivity index (χ0v) is 18.9. The van der Waals surface area contributed by atoms with Gasteiger partial charge in [0.25, 0.3) is 0 Å². The SMILES string of the molecule is O=C(O)COc1ccc(-n2nc(CCC(=O)NCc3ccccc3)cc2-c2cccc(F)c2)cc1. The number of hydrogen-bond acceptors (Lipinski definition) is 4. The topological polar surface area (TPSA) is 93.4 Å². The van der Waals surface area contributed by atoms with Gasteiger partial charge in [0.15, 0.2) is 6.61 Å². The molecule has 7 nitrogen and oxygen atoms in total. The molecule has 178 valence electrons. The molecule has 0 saturated heterocycles. The molecule has 4 rings (SSSR count). The van der Waals surface area contributed by atoms with Crippen LogP contribution in [0.25, 0.3) is 16.9 Å². The summed E-state index contributed by atoms with van der Waals surface area (Å²) in [6, 6.07) is 24.5. The van der Waals surface area contributed by atoms with Gasteiger partial charge in [-0.15, -0.1) is 0 Å². The van der Waals surface area contributed by atoms with E-state index in [1.54, 1.807) is 41.1 Å². The molecule has 0 fully saturated rings. The van der Waals surface area contributed by atoms with Crippen LogP contribution in [-0.4, -0.2) is 33.4 Å². The molecule has 4 aromatic rings. The van der Waals surface area contributed by atoms with Gasteiger partial charge in [0.1, 0.15) is 11.6 Å². The second kappa shape index (κ2) is 11.1. The normalized spacial score (nSPS) is 10.7. The number of amides is 1. The Labute approximate surface area is 201 Å². The van der Waals surface area contributed by atoms with Crippen molar-refractivity contribution in [3.8, 4) is 22.7 Å². The average molecular weight is 474 g/mol. The number of hydrogen-bond donors (Lipinski definition) is 2. The molecule has 0 spiro atoms. The summed E-state index contributed by atoms with van der Waals surface area (Å²) in [6.45, 7) is 0.0189. The first-order valence-corrected chi connectivity index (χ1v) is 11.1. The monoisotopic (exact) mass is 473 g/mol. The van der Waals surface area contributed by atoms with Crippen LogP contribution in [0.3, 0.4) is 0 Å². The molecule has 3 aromatic carbocycles. The van der Waals surface area contributed by atoms with Gasteiger partial charge in [-0.1, -0.05) is 42.5 Å². The maximum absolute atomic E-state index is 13.9. The Morgan fingerprint density at radius 3 is 2.46 bits per heavy atom. The van der Waals surface area contributed by atoms with Crippen LogP contribution in [0.4, 0.5) is 4.39 Å². The molecular formula is C27H24FN3O4. The van der Waals surface area contributed by atoms with Crippen LogP contribution in [-0.2, 0) is 22.6 Å². The van der Waals surface area contributed by atoms with Crippen molar-refractivity contribution in [3.05, 3.63) is 102 Å². The van der Waals surface area contributed by atoms with E-state index in [0.717, 1.165) is 5.56 Å². The zero-order valence-electron chi connectivity index (χ0n) is 18.9. The van der Waals surface area contributed by atoms with Crippen LogP contribution in [0.1, 0.15) is 17.7 Å². The van der Waals surface area contributed by atoms with E-state index in [9.17, 15) is 14.0 Å². The number of halogens is 1. The molecule has 0 atom stereocenters. The molecular weight excluding hydrogens is 449 g/mol. The fourth-order valence-electron chi connectivity index (χ4n) is 3.56. The first-order chi connectivity index (χ1) is 17.0. The summed E-state index contributed by atoms with van der Waals surface area (Å²) in [6.07, 6.45) is 0.671. The van der Waals surface area contributed by atoms with E-state index in [4.69, 9.17) is 9.84 Å². The molecule has 0 aliphatic rings. The lowest BCUT2D eigenvalue weighted by Gasteiger charge is -2.09. The number of carbonyl (C=O) groups is 2. The Hall–Kier alpha value is -4.46. The van der Waals surface area contributed by atoms with Crippen LogP contribution in [0.2, 0.25) is 0 Å². The average Bonchev–Trinajstić information content (AvgIpc) is 3.30. The number of carboxylic acid groups (broad SMARTS) is 1. The van der Waals surface area contributed by atoms with Crippen molar-refractivity contribution >= 4 is 11.9 Å². The number of ether oxygens (including phenoxy) is 1. The van der Waals surface area contributed by atoms with Crippen molar-refractivity contribution < 1.29 is 23.8 Å². The number of aryl methyl sites for hydroxylation is 1. The molecule has 0 saturated carbocycles. The quantitative estimate of drug-likeness (QED) is 0.356. The first-order valence-electron chi connectivity index (χ1n) is 11.1. The molecule has 1 heterocycles. The van der Waals surface area contributed by atoms with Gasteiger partial charge in [-0.2, -0.15) is 5.10 Å². The Morgan fingerprint density at radius 1 is 0.971 bits per heavy atom. The van der Waals surface area contributed by atoms with Gasteiger partial charge in [0.2, 0.25) is 5.91 Å². The Morgan fingerprint density at radius 2 is 1.74 bits per heavy atom. The number of aromatic nitrogens is 2. The molecule has 0 radical (unpaired) electrons. The Kier molecular flexibility index (Phi) is 7.52. The smallest absolute Gasteiger partial charge is 0.341 e. The number of benzene rings is 3. The van der Waals surface area contributed by atoms with Crippen molar-refractivity contribution in [3.63, 3.8) is 0 Å². The van der Waals surface area contributed by atoms with Crippen molar-refractivity contribution in [1.29, 1.82) is 0 Å². The summed E-state index contributed by atoms with van der Waals surface area (Å²) in [5.74, 6) is -1.11. The number of nitrogens with one attached hydrogen (secondary N) is 1. The van der Waals surface area contributed by atoms with Crippen LogP contribution in [0.15, 0.2) is 84.9 Å². The van der Waals surface area contributed by atoms with E-state index in [-0.39, 0.29) is 18.1 Å². The van der Waals surface area contributed by atoms with Gasteiger partial charge in [-0.3, -0.25) is 4.79 Å². The molecule has 2 N–H and O–H groups in total. The summed E-state index contributed by atoms with van der Waals surface area (Å²) in [5.41, 5.74) is 3.71. The van der Waals surface area contributed by atoms with Gasteiger partial charge >= 0.3 is 5.97 Å². The predicted molar refractivity (Wildman–Crippen MR) is 129 cm³/mol. The predicted octanol–water partition coefficient (Wildman–Crippen LogP) is 4.39. The molecule has 0 bridgehead atoms. The highest BCUT2D eigenvalue weighted by Gasteiger charge is 2.14. The maximum atomic E-state index is 13.9. The zero-order chi connectivity index (χ0) is 24.6. The second-order valence-electron chi connectivity index (χ2n) is 7.88. The number of nitrogens with zero attached hydrogens (tertiary/aromatic N) is 2. The van der Waals surface area contributed by atoms with Gasteiger partial charge < -0.3 is 15.2 Å². The summed E-state index contributed by atoms with van der Waals surface area (Å²) in [4.78, 5) is 23.1. The molecule has 0 aliphatic heterocycles. The van der Waals surface area contributed by atoms with Crippen molar-refractivity contribution in [1.82, 2.24) is 15.1 Å². The fraction of sp³-hybridized carbons (Fsp3) is 0.148. The molecule has 8 heteroatoms. The van der Waals surface area contributed by atoms with E-state index >= 15 is 0 Å². The Balaban J connectivity index is 1.51. The van der Waals surface area contributed by atoms with Crippen molar-refractivity contribution in [2.24, 2.45) is 0 Å². The lowest BCUT2D eigenvalue weighted by molar-refractivity contribution is -0.139. The van der Waals surface area contributed by atoms with E-state index in [1.165, 1.54) is 12.1 Å². The molecule has 0 aliphatic carbocycles. The van der Waals surface area contributed by atoms with E-state index in [0.29, 0.717) is 41.4 Å². The summed E-state index contributed by atoms with van der Waals surface area (Å²) in [5, 5.41) is 16.3. The largest absolute Gasteiger partial charge is 0.482 e. The molecule has 0 unspecified atom stereocenters. The minimum atomic E-state index is -1.06. The van der Waals surface area contributed by atoms with Crippen molar-refractivity contribution in [2.75, 3.05) is 6.61 Å². The van der Waals surface area contributed by atoms with E-state index in [1.807, 2.05) is 36.4 Å². The van der Waals surface area contributed by atoms with Crippen LogP contribution in [0, 0.1) is 5.82 Å². The number of rotatable bonds is 10. The summed E-state index contributed by atoms with van der Waals surface area (Å²) in [7, 11) is 0. The van der Waals surface area contributed by atoms with Gasteiger partial charge in [0.05, 0.1) is 17.1 Å². The summed E-state index contributed by atoms with van der Waals surface area (Å²) >= 11 is 0. The first kappa shape index (κ1) is 23.7. The van der Waals surface area contributed by atoms with E-state index < -0.39 is 12.6 Å². The molecule has 35 heavy (non-hydrogen) atoms. The van der Waals surface area contributed by atoms with Crippen LogP contribution < -0.4 is 10.1 Å². The van der Waals surface area contributed by atoms with Gasteiger partial charge in [-0.05, 0) is 48.0 Å². The third kappa shape index (κ3) is 6.54. The van der Waals surface area contributed by atoms with E-state index in [2.05, 4.69) is 10.4 Å². The Bertz CT molecular complexity index is 1300. The van der Waals surface area contributed by atoms with Crippen LogP contribution in [0.5, 0.6) is 5.75 Å². The van der Waals surface area contributed by atoms with Gasteiger partial charge in [-0.25, -0.2) is 13.9 Å². The highest BCUT2D eigenvalue weighted by Crippen LogP contribution is 2.26. The number of carbonyl (C=O) groups excluding carboxylic acids is 1. The minimum absolute atomic E-state index is 0.0874. The lowest BCUT2D eigenvalue weighted by atomic mass is 10.1. The van der Waals surface area contributed by atoms with Gasteiger partial charge in [0, 0.05) is 24.9 Å². The third-order valence-electron chi connectivity index (χ3n) is 5.26. The second-order valence-corrected chi connectivity index (χ2v) is 7.88. The lowest BCUT2D eigenvalue weighted by Crippen LogP contribution is -2.23. The summed E-state index contributed by atoms with van der Waals surface area (Å²) < 4.78 is 20.8. The highest BCUT2D eigenvalue weighted by molar-refractivity contribution is 5.76. The number of carboxylic acids is 1. The molecule has 1 amide bonds. The third-order valence-corrected chi connectivity index (χ3v) is 5.26. The van der Waals surface area contributed by atoms with Crippen molar-refractivity contribution in [2.45, 2.75) is 19.4 Å². The highest BCUT2D eigenvalue weighted by atomic mass is 19.1. The van der Waals surface area contributed by atoms with Crippen LogP contribution >= 0.6 is 0 Å². The number of aliphatic carboxylic acids is 1. The minimum Gasteiger partial charge on any atom is -0.482 e. The standard InChI is InChI=1S/C27H24FN3O4/c28-21-8-4-7-20(15-21)25-16-22(9-14-26(32)29-17-19-5-2-1-3-6-19)30-31(25)23-10-12-24(13-11-23)35-18-27(33)34/h1-8,10-13,15-16H,9,14,17-18H2,(H,29,32)(H,33,34). The molecule has 1 aromatic heterocycles. The maximum Gasteiger partial charge on any atom is 0.341 e. The fourth-order valence-corrected chi connectivity index (χ4v) is 3.56.